The summed E-state index contributed by atoms with van der Waals surface area (Å²) in [6.45, 7) is 0.480. The van der Waals surface area contributed by atoms with E-state index in [0.717, 1.165) is 23.9 Å². The summed E-state index contributed by atoms with van der Waals surface area (Å²) < 4.78 is 1.86. The lowest BCUT2D eigenvalue weighted by atomic mass is 10.0. The van der Waals surface area contributed by atoms with E-state index in [2.05, 4.69) is 15.6 Å². The maximum Gasteiger partial charge on any atom is 0.251 e. The van der Waals surface area contributed by atoms with Gasteiger partial charge in [0.05, 0.1) is 21.1 Å². The van der Waals surface area contributed by atoms with Crippen LogP contribution in [0.4, 0.5) is 5.95 Å². The Morgan fingerprint density at radius 2 is 1.78 bits per heavy atom. The number of imidazole rings is 1. The van der Waals surface area contributed by atoms with Crippen molar-refractivity contribution in [3.63, 3.8) is 0 Å². The van der Waals surface area contributed by atoms with Crippen molar-refractivity contribution in [1.29, 1.82) is 0 Å². The monoisotopic (exact) mass is 524 g/mol. The number of carbonyl (C=O) groups is 2. The molecule has 1 aromatic heterocycles. The van der Waals surface area contributed by atoms with Gasteiger partial charge < -0.3 is 15.0 Å². The topological polar surface area (TPSA) is 96.2 Å². The fraction of sp³-hybridized carbons (Fsp3) is 0.222. The number of aromatic hydroxyl groups is 1. The number of nitrogens with one attached hydrogen (secondary N) is 2. The largest absolute Gasteiger partial charge is 0.507 e. The zero-order valence-corrected chi connectivity index (χ0v) is 21.2. The van der Waals surface area contributed by atoms with Crippen LogP contribution in [-0.2, 0) is 11.8 Å². The Kier molecular flexibility index (Phi) is 8.13. The van der Waals surface area contributed by atoms with Crippen LogP contribution in [0.3, 0.4) is 0 Å². The van der Waals surface area contributed by atoms with Crippen LogP contribution in [0.2, 0.25) is 10.0 Å². The second-order valence-electron chi connectivity index (χ2n) is 8.46. The lowest BCUT2D eigenvalue weighted by molar-refractivity contribution is -0.116. The van der Waals surface area contributed by atoms with Crippen molar-refractivity contribution in [2.45, 2.75) is 25.7 Å². The van der Waals surface area contributed by atoms with Gasteiger partial charge in [0.1, 0.15) is 5.75 Å². The van der Waals surface area contributed by atoms with Gasteiger partial charge in [-0.25, -0.2) is 4.98 Å². The van der Waals surface area contributed by atoms with Gasteiger partial charge in [0, 0.05) is 31.1 Å². The molecule has 0 aliphatic rings. The van der Waals surface area contributed by atoms with Crippen LogP contribution in [0, 0.1) is 0 Å². The number of benzene rings is 3. The van der Waals surface area contributed by atoms with Crippen molar-refractivity contribution in [2.24, 2.45) is 7.05 Å². The number of hydrogen-bond donors (Lipinski definition) is 3. The maximum atomic E-state index is 12.6. The standard InChI is InChI=1S/C27H26Cl2N4O3/c1-33-23-8-5-4-7-22(23)31-27(33)32-25(35)9-3-2-6-14-30-26(36)18-11-13-24(34)19(15-18)17-10-12-20(28)21(29)16-17/h4-5,7-8,10-13,15-16,34H,2-3,6,9,14H2,1H3,(H,30,36)(H,31,32,35). The number of carbonyl (C=O) groups excluding carboxylic acids is 2. The molecule has 0 unspecified atom stereocenters. The molecule has 0 saturated heterocycles. The number of anilines is 1. The molecular formula is C27H26Cl2N4O3. The summed E-state index contributed by atoms with van der Waals surface area (Å²) in [5.74, 6) is 0.247. The number of hydrogen-bond acceptors (Lipinski definition) is 4. The number of para-hydroxylation sites is 2. The van der Waals surface area contributed by atoms with Crippen LogP contribution >= 0.6 is 23.2 Å². The highest BCUT2D eigenvalue weighted by atomic mass is 35.5. The van der Waals surface area contributed by atoms with Crippen LogP contribution < -0.4 is 10.6 Å². The molecule has 0 aliphatic carbocycles. The average molecular weight is 525 g/mol. The summed E-state index contributed by atoms with van der Waals surface area (Å²) in [6.07, 6.45) is 2.61. The first-order valence-electron chi connectivity index (χ1n) is 11.6. The lowest BCUT2D eigenvalue weighted by Crippen LogP contribution is -2.24. The molecule has 4 aromatic rings. The van der Waals surface area contributed by atoms with Gasteiger partial charge >= 0.3 is 0 Å². The molecule has 36 heavy (non-hydrogen) atoms. The predicted octanol–water partition coefficient (Wildman–Crippen LogP) is 6.18. The van der Waals surface area contributed by atoms with E-state index in [0.29, 0.717) is 52.1 Å². The van der Waals surface area contributed by atoms with Crippen LogP contribution in [-0.4, -0.2) is 33.0 Å². The first-order valence-corrected chi connectivity index (χ1v) is 12.4. The van der Waals surface area contributed by atoms with Crippen molar-refractivity contribution >= 4 is 52.0 Å². The first kappa shape index (κ1) is 25.5. The number of phenolic OH excluding ortho intramolecular Hbond substituents is 1. The second kappa shape index (κ2) is 11.5. The molecule has 4 rings (SSSR count). The highest BCUT2D eigenvalue weighted by molar-refractivity contribution is 6.42. The highest BCUT2D eigenvalue weighted by Crippen LogP contribution is 2.34. The van der Waals surface area contributed by atoms with E-state index in [-0.39, 0.29) is 17.6 Å². The molecule has 0 saturated carbocycles. The molecule has 3 aromatic carbocycles. The molecular weight excluding hydrogens is 499 g/mol. The molecule has 0 spiro atoms. The van der Waals surface area contributed by atoms with Gasteiger partial charge in [-0.05, 0) is 60.9 Å². The van der Waals surface area contributed by atoms with E-state index in [9.17, 15) is 14.7 Å². The molecule has 0 atom stereocenters. The normalized spacial score (nSPS) is 11.0. The van der Waals surface area contributed by atoms with E-state index in [1.54, 1.807) is 30.3 Å². The fourth-order valence-electron chi connectivity index (χ4n) is 3.91. The Balaban J connectivity index is 1.22. The van der Waals surface area contributed by atoms with Gasteiger partial charge in [-0.15, -0.1) is 0 Å². The van der Waals surface area contributed by atoms with E-state index in [1.165, 1.54) is 6.07 Å². The Morgan fingerprint density at radius 3 is 2.56 bits per heavy atom. The van der Waals surface area contributed by atoms with Gasteiger partial charge in [-0.1, -0.05) is 47.8 Å². The Bertz CT molecular complexity index is 1420. The number of amides is 2. The van der Waals surface area contributed by atoms with Crippen molar-refractivity contribution < 1.29 is 14.7 Å². The molecule has 0 fully saturated rings. The van der Waals surface area contributed by atoms with Gasteiger partial charge in [-0.2, -0.15) is 0 Å². The third kappa shape index (κ3) is 5.98. The molecule has 2 amide bonds. The number of halogens is 2. The lowest BCUT2D eigenvalue weighted by Gasteiger charge is -2.10. The predicted molar refractivity (Wildman–Crippen MR) is 144 cm³/mol. The van der Waals surface area contributed by atoms with Gasteiger partial charge in [-0.3, -0.25) is 14.9 Å². The molecule has 9 heteroatoms. The Morgan fingerprint density at radius 1 is 0.972 bits per heavy atom. The highest BCUT2D eigenvalue weighted by Gasteiger charge is 2.13. The zero-order chi connectivity index (χ0) is 25.7. The van der Waals surface area contributed by atoms with Crippen molar-refractivity contribution in [3.8, 4) is 16.9 Å². The Labute approximate surface area is 219 Å². The molecule has 3 N–H and O–H groups in total. The minimum absolute atomic E-state index is 0.0434. The third-order valence-corrected chi connectivity index (χ3v) is 6.63. The van der Waals surface area contributed by atoms with Gasteiger partial charge in [0.2, 0.25) is 11.9 Å². The Hall–Kier alpha value is -3.55. The minimum atomic E-state index is -0.240. The molecule has 186 valence electrons. The summed E-state index contributed by atoms with van der Waals surface area (Å²) >= 11 is 12.1. The number of unbranched alkanes of at least 4 members (excludes halogenated alkanes) is 2. The number of rotatable bonds is 9. The number of aromatic nitrogens is 2. The van der Waals surface area contributed by atoms with Crippen LogP contribution in [0.1, 0.15) is 36.0 Å². The fourth-order valence-corrected chi connectivity index (χ4v) is 4.21. The van der Waals surface area contributed by atoms with E-state index in [4.69, 9.17) is 23.2 Å². The zero-order valence-electron chi connectivity index (χ0n) is 19.7. The first-order chi connectivity index (χ1) is 17.3. The molecule has 0 aliphatic heterocycles. The van der Waals surface area contributed by atoms with Crippen LogP contribution in [0.25, 0.3) is 22.2 Å². The van der Waals surface area contributed by atoms with Crippen LogP contribution in [0.15, 0.2) is 60.7 Å². The summed E-state index contributed by atoms with van der Waals surface area (Å²) in [6, 6.07) is 17.4. The van der Waals surface area contributed by atoms with E-state index >= 15 is 0 Å². The minimum Gasteiger partial charge on any atom is -0.507 e. The summed E-state index contributed by atoms with van der Waals surface area (Å²) in [5, 5.41) is 16.8. The van der Waals surface area contributed by atoms with Gasteiger partial charge in [0.15, 0.2) is 0 Å². The summed E-state index contributed by atoms with van der Waals surface area (Å²) in [5.41, 5.74) is 3.38. The average Bonchev–Trinajstić information content (AvgIpc) is 3.18. The molecule has 0 bridgehead atoms. The quantitative estimate of drug-likeness (QED) is 0.227. The molecule has 1 heterocycles. The van der Waals surface area contributed by atoms with Crippen molar-refractivity contribution in [3.05, 3.63) is 76.3 Å². The SMILES string of the molecule is Cn1c(NC(=O)CCCCCNC(=O)c2ccc(O)c(-c3ccc(Cl)c(Cl)c3)c2)nc2ccccc21. The smallest absolute Gasteiger partial charge is 0.251 e. The second-order valence-corrected chi connectivity index (χ2v) is 9.27. The number of phenols is 1. The van der Waals surface area contributed by atoms with E-state index in [1.807, 2.05) is 35.9 Å². The third-order valence-electron chi connectivity index (χ3n) is 5.89. The summed E-state index contributed by atoms with van der Waals surface area (Å²) in [7, 11) is 1.87. The van der Waals surface area contributed by atoms with E-state index < -0.39 is 0 Å². The van der Waals surface area contributed by atoms with Gasteiger partial charge in [0.25, 0.3) is 5.91 Å². The van der Waals surface area contributed by atoms with Crippen LogP contribution in [0.5, 0.6) is 5.75 Å². The number of nitrogens with zero attached hydrogens (tertiary/aromatic N) is 2. The number of fused-ring (bicyclic) bond motifs is 1. The van der Waals surface area contributed by atoms with Crippen molar-refractivity contribution in [1.82, 2.24) is 14.9 Å². The molecule has 7 nitrogen and oxygen atoms in total. The maximum absolute atomic E-state index is 12.6. The van der Waals surface area contributed by atoms with Crippen molar-refractivity contribution in [2.75, 3.05) is 11.9 Å². The number of aryl methyl sites for hydroxylation is 1. The summed E-state index contributed by atoms with van der Waals surface area (Å²) in [4.78, 5) is 29.4. The molecule has 0 radical (unpaired) electrons.